The summed E-state index contributed by atoms with van der Waals surface area (Å²) in [6.07, 6.45) is 3.10. The van der Waals surface area contributed by atoms with Crippen LogP contribution in [0.25, 0.3) is 0 Å². The topological polar surface area (TPSA) is 65.5 Å². The van der Waals surface area contributed by atoms with Crippen LogP contribution in [-0.2, 0) is 4.79 Å². The summed E-state index contributed by atoms with van der Waals surface area (Å²) in [5.41, 5.74) is 1.36. The maximum atomic E-state index is 11.6. The standard InChI is InChI=1S/C19H30N4O.HI/c1-3-20-19(23-14-13-21-18(24)17-9-10-17)22-12-11-15(2)16-7-5-4-6-8-16;/h4-8,15,17H,3,9-14H2,1-2H3,(H,21,24)(H2,20,22,23);1H. The number of carbonyl (C=O) groups excluding carboxylic acids is 1. The number of halogens is 1. The van der Waals surface area contributed by atoms with Crippen molar-refractivity contribution >= 4 is 35.8 Å². The minimum absolute atomic E-state index is 0. The van der Waals surface area contributed by atoms with Crippen LogP contribution in [0, 0.1) is 5.92 Å². The van der Waals surface area contributed by atoms with Gasteiger partial charge in [-0.05, 0) is 37.7 Å². The van der Waals surface area contributed by atoms with Gasteiger partial charge in [-0.15, -0.1) is 24.0 Å². The molecule has 1 aliphatic rings. The van der Waals surface area contributed by atoms with E-state index in [-0.39, 0.29) is 35.8 Å². The number of nitrogens with zero attached hydrogens (tertiary/aromatic N) is 1. The zero-order valence-electron chi connectivity index (χ0n) is 15.3. The van der Waals surface area contributed by atoms with E-state index in [1.165, 1.54) is 5.56 Å². The van der Waals surface area contributed by atoms with Crippen molar-refractivity contribution < 1.29 is 4.79 Å². The number of aliphatic imine (C=N–C) groups is 1. The van der Waals surface area contributed by atoms with Gasteiger partial charge in [0.2, 0.25) is 5.91 Å². The second-order valence-corrected chi connectivity index (χ2v) is 6.35. The van der Waals surface area contributed by atoms with Crippen LogP contribution in [0.5, 0.6) is 0 Å². The second-order valence-electron chi connectivity index (χ2n) is 6.35. The van der Waals surface area contributed by atoms with Crippen molar-refractivity contribution in [3.05, 3.63) is 35.9 Å². The molecule has 0 aliphatic heterocycles. The number of hydrogen-bond donors (Lipinski definition) is 3. The Balaban J connectivity index is 0.00000312. The Morgan fingerprint density at radius 1 is 1.16 bits per heavy atom. The molecule has 1 aliphatic carbocycles. The highest BCUT2D eigenvalue weighted by Gasteiger charge is 2.28. The first-order valence-corrected chi connectivity index (χ1v) is 9.05. The van der Waals surface area contributed by atoms with Crippen LogP contribution in [0.1, 0.15) is 44.6 Å². The van der Waals surface area contributed by atoms with Crippen molar-refractivity contribution in [1.82, 2.24) is 16.0 Å². The maximum absolute atomic E-state index is 11.6. The Bertz CT molecular complexity index is 531. The molecular formula is C19H31IN4O. The molecule has 3 N–H and O–H groups in total. The average molecular weight is 458 g/mol. The number of amides is 1. The van der Waals surface area contributed by atoms with Gasteiger partial charge in [0.05, 0.1) is 0 Å². The number of benzene rings is 1. The highest BCUT2D eigenvalue weighted by molar-refractivity contribution is 14.0. The number of guanidine groups is 1. The Labute approximate surface area is 168 Å². The van der Waals surface area contributed by atoms with Gasteiger partial charge >= 0.3 is 0 Å². The highest BCUT2D eigenvalue weighted by atomic mass is 127. The van der Waals surface area contributed by atoms with Crippen LogP contribution in [0.3, 0.4) is 0 Å². The van der Waals surface area contributed by atoms with Crippen molar-refractivity contribution in [3.8, 4) is 0 Å². The van der Waals surface area contributed by atoms with E-state index in [4.69, 9.17) is 0 Å². The molecule has 1 saturated carbocycles. The molecule has 1 amide bonds. The first-order chi connectivity index (χ1) is 11.7. The number of rotatable bonds is 9. The quantitative estimate of drug-likeness (QED) is 0.231. The Morgan fingerprint density at radius 3 is 2.48 bits per heavy atom. The summed E-state index contributed by atoms with van der Waals surface area (Å²) in [5.74, 6) is 1.77. The molecule has 1 aromatic rings. The van der Waals surface area contributed by atoms with Gasteiger partial charge in [-0.1, -0.05) is 37.3 Å². The summed E-state index contributed by atoms with van der Waals surface area (Å²) < 4.78 is 0. The summed E-state index contributed by atoms with van der Waals surface area (Å²) in [7, 11) is 0. The van der Waals surface area contributed by atoms with Crippen LogP contribution < -0.4 is 16.0 Å². The van der Waals surface area contributed by atoms with Gasteiger partial charge in [0, 0.05) is 32.1 Å². The molecule has 0 radical (unpaired) electrons. The van der Waals surface area contributed by atoms with Gasteiger partial charge < -0.3 is 16.0 Å². The molecule has 0 heterocycles. The fourth-order valence-electron chi connectivity index (χ4n) is 2.52. The van der Waals surface area contributed by atoms with Crippen LogP contribution in [0.2, 0.25) is 0 Å². The third-order valence-electron chi connectivity index (χ3n) is 4.21. The highest BCUT2D eigenvalue weighted by Crippen LogP contribution is 2.28. The lowest BCUT2D eigenvalue weighted by atomic mass is 9.98. The molecule has 2 rings (SSSR count). The van der Waals surface area contributed by atoms with E-state index in [9.17, 15) is 4.79 Å². The predicted octanol–water partition coefficient (Wildman–Crippen LogP) is 2.88. The minimum Gasteiger partial charge on any atom is -0.357 e. The van der Waals surface area contributed by atoms with Gasteiger partial charge in [0.15, 0.2) is 5.96 Å². The van der Waals surface area contributed by atoms with Crippen molar-refractivity contribution in [2.45, 2.75) is 39.0 Å². The summed E-state index contributed by atoms with van der Waals surface area (Å²) in [6.45, 7) is 7.23. The van der Waals surface area contributed by atoms with Gasteiger partial charge in [0.25, 0.3) is 0 Å². The molecule has 0 bridgehead atoms. The van der Waals surface area contributed by atoms with Gasteiger partial charge in [-0.2, -0.15) is 0 Å². The SMILES string of the molecule is CCNC(=NCCC(C)c1ccccc1)NCCNC(=O)C1CC1.I. The Kier molecular flexibility index (Phi) is 10.5. The van der Waals surface area contributed by atoms with E-state index in [1.54, 1.807) is 0 Å². The smallest absolute Gasteiger partial charge is 0.223 e. The zero-order chi connectivity index (χ0) is 17.2. The summed E-state index contributed by atoms with van der Waals surface area (Å²) in [5, 5.41) is 9.47. The normalized spacial score (nSPS) is 15.0. The molecule has 5 nitrogen and oxygen atoms in total. The number of carbonyl (C=O) groups is 1. The van der Waals surface area contributed by atoms with E-state index >= 15 is 0 Å². The predicted molar refractivity (Wildman–Crippen MR) is 115 cm³/mol. The molecule has 0 aromatic heterocycles. The van der Waals surface area contributed by atoms with E-state index < -0.39 is 0 Å². The van der Waals surface area contributed by atoms with Crippen LogP contribution in [-0.4, -0.2) is 38.0 Å². The number of hydrogen-bond acceptors (Lipinski definition) is 2. The lowest BCUT2D eigenvalue weighted by molar-refractivity contribution is -0.122. The monoisotopic (exact) mass is 458 g/mol. The van der Waals surface area contributed by atoms with E-state index in [1.807, 2.05) is 6.07 Å². The summed E-state index contributed by atoms with van der Waals surface area (Å²) in [4.78, 5) is 16.2. The molecule has 1 fully saturated rings. The Morgan fingerprint density at radius 2 is 1.84 bits per heavy atom. The third kappa shape index (κ3) is 8.56. The molecular weight excluding hydrogens is 427 g/mol. The van der Waals surface area contributed by atoms with Crippen LogP contribution >= 0.6 is 24.0 Å². The molecule has 0 spiro atoms. The minimum atomic E-state index is 0. The van der Waals surface area contributed by atoms with Crippen molar-refractivity contribution in [2.75, 3.05) is 26.2 Å². The van der Waals surface area contributed by atoms with Gasteiger partial charge in [-0.3, -0.25) is 9.79 Å². The van der Waals surface area contributed by atoms with Crippen molar-refractivity contribution in [1.29, 1.82) is 0 Å². The number of nitrogens with one attached hydrogen (secondary N) is 3. The lowest BCUT2D eigenvalue weighted by Crippen LogP contribution is -2.41. The Hall–Kier alpha value is -1.31. The third-order valence-corrected chi connectivity index (χ3v) is 4.21. The largest absolute Gasteiger partial charge is 0.357 e. The van der Waals surface area contributed by atoms with Crippen molar-refractivity contribution in [3.63, 3.8) is 0 Å². The average Bonchev–Trinajstić information content (AvgIpc) is 3.44. The van der Waals surface area contributed by atoms with Crippen LogP contribution in [0.15, 0.2) is 35.3 Å². The van der Waals surface area contributed by atoms with Crippen LogP contribution in [0.4, 0.5) is 0 Å². The molecule has 1 atom stereocenters. The van der Waals surface area contributed by atoms with Gasteiger partial charge in [-0.25, -0.2) is 0 Å². The molecule has 1 aromatic carbocycles. The molecule has 25 heavy (non-hydrogen) atoms. The second kappa shape index (κ2) is 12.1. The summed E-state index contributed by atoms with van der Waals surface area (Å²) in [6, 6.07) is 10.5. The molecule has 6 heteroatoms. The molecule has 140 valence electrons. The fourth-order valence-corrected chi connectivity index (χ4v) is 2.52. The molecule has 0 saturated heterocycles. The molecule has 1 unspecified atom stereocenters. The first kappa shape index (κ1) is 21.7. The lowest BCUT2D eigenvalue weighted by Gasteiger charge is -2.13. The maximum Gasteiger partial charge on any atom is 0.223 e. The zero-order valence-corrected chi connectivity index (χ0v) is 17.6. The van der Waals surface area contributed by atoms with Crippen molar-refractivity contribution in [2.24, 2.45) is 10.9 Å². The fraction of sp³-hybridized carbons (Fsp3) is 0.579. The van der Waals surface area contributed by atoms with E-state index in [0.29, 0.717) is 19.0 Å². The van der Waals surface area contributed by atoms with E-state index in [2.05, 4.69) is 59.1 Å². The van der Waals surface area contributed by atoms with E-state index in [0.717, 1.165) is 38.3 Å². The summed E-state index contributed by atoms with van der Waals surface area (Å²) >= 11 is 0. The van der Waals surface area contributed by atoms with Gasteiger partial charge in [0.1, 0.15) is 0 Å². The first-order valence-electron chi connectivity index (χ1n) is 9.05.